The lowest BCUT2D eigenvalue weighted by atomic mass is 9.94. The van der Waals surface area contributed by atoms with Crippen LogP contribution in [0.3, 0.4) is 0 Å². The minimum Gasteiger partial charge on any atom is -0.418 e. The number of benzene rings is 3. The number of halogens is 7. The molecule has 4 nitrogen and oxygen atoms in total. The Labute approximate surface area is 225 Å². The van der Waals surface area contributed by atoms with Crippen LogP contribution in [0.2, 0.25) is 0 Å². The van der Waals surface area contributed by atoms with E-state index in [2.05, 4.69) is 130 Å². The standard InChI is InChI=1S/C23H18Br3N3O.BF4/c24-17-11-18(25)22(19(26)12-17)29-14-28-20(27-29)13-30-23(16-9-5-2-6-10-16)21(28)15-7-3-1-4-8-15;2-1(3,4)5/h1-12,21,23H,13-14H2;/q;-1/p+1. The number of anilines is 1. The third kappa shape index (κ3) is 6.47. The quantitative estimate of drug-likeness (QED) is 0.177. The molecule has 2 unspecified atom stereocenters. The second kappa shape index (κ2) is 11.0. The van der Waals surface area contributed by atoms with Gasteiger partial charge >= 0.3 is 7.25 Å². The van der Waals surface area contributed by atoms with Gasteiger partial charge in [-0.1, -0.05) is 76.6 Å². The highest BCUT2D eigenvalue weighted by molar-refractivity contribution is 9.11. The van der Waals surface area contributed by atoms with Gasteiger partial charge in [0, 0.05) is 13.4 Å². The van der Waals surface area contributed by atoms with E-state index in [-0.39, 0.29) is 12.1 Å². The van der Waals surface area contributed by atoms with Crippen molar-refractivity contribution in [3.05, 3.63) is 97.3 Å². The molecule has 0 bridgehead atoms. The zero-order valence-electron chi connectivity index (χ0n) is 18.0. The Morgan fingerprint density at radius 1 is 0.857 bits per heavy atom. The molecule has 184 valence electrons. The van der Waals surface area contributed by atoms with Crippen LogP contribution in [0.25, 0.3) is 0 Å². The van der Waals surface area contributed by atoms with Crippen LogP contribution in [0.1, 0.15) is 23.3 Å². The number of rotatable bonds is 3. The topological polar surface area (TPSA) is 27.5 Å². The molecule has 0 saturated carbocycles. The molecule has 35 heavy (non-hydrogen) atoms. The van der Waals surface area contributed by atoms with E-state index < -0.39 is 7.25 Å². The number of hydrazine groups is 1. The Bertz CT molecular complexity index is 1190. The lowest BCUT2D eigenvalue weighted by Gasteiger charge is -2.30. The lowest BCUT2D eigenvalue weighted by molar-refractivity contribution is -0.587. The van der Waals surface area contributed by atoms with Crippen molar-refractivity contribution >= 4 is 66.6 Å². The van der Waals surface area contributed by atoms with Gasteiger partial charge in [0.25, 0.3) is 5.84 Å². The van der Waals surface area contributed by atoms with Crippen molar-refractivity contribution in [3.63, 3.8) is 0 Å². The molecule has 0 fully saturated rings. The highest BCUT2D eigenvalue weighted by atomic mass is 79.9. The van der Waals surface area contributed by atoms with Crippen LogP contribution in [0.15, 0.2) is 86.2 Å². The van der Waals surface area contributed by atoms with Gasteiger partial charge in [0.05, 0.1) is 0 Å². The summed E-state index contributed by atoms with van der Waals surface area (Å²) in [4.78, 5) is 0. The van der Waals surface area contributed by atoms with E-state index in [0.29, 0.717) is 13.3 Å². The summed E-state index contributed by atoms with van der Waals surface area (Å²) in [5.74, 6) is 1.07. The molecule has 2 aliphatic rings. The average Bonchev–Trinajstić information content (AvgIpc) is 3.21. The number of ether oxygens (including phenoxy) is 1. The van der Waals surface area contributed by atoms with Gasteiger partial charge in [-0.3, -0.25) is 0 Å². The van der Waals surface area contributed by atoms with Gasteiger partial charge in [0.1, 0.15) is 11.8 Å². The molecule has 3 aromatic carbocycles. The second-order valence-electron chi connectivity index (χ2n) is 7.81. The Balaban J connectivity index is 0.000000527. The van der Waals surface area contributed by atoms with E-state index in [4.69, 9.17) is 4.74 Å². The van der Waals surface area contributed by atoms with Gasteiger partial charge in [0.15, 0.2) is 19.3 Å². The highest BCUT2D eigenvalue weighted by Crippen LogP contribution is 2.41. The van der Waals surface area contributed by atoms with Crippen LogP contribution < -0.4 is 10.4 Å². The van der Waals surface area contributed by atoms with Gasteiger partial charge in [-0.25, -0.2) is 4.58 Å². The Hall–Kier alpha value is -1.89. The van der Waals surface area contributed by atoms with Gasteiger partial charge in [-0.2, -0.15) is 10.4 Å². The Morgan fingerprint density at radius 2 is 1.37 bits per heavy atom. The summed E-state index contributed by atoms with van der Waals surface area (Å²) in [6.45, 7) is 1.24. The molecule has 0 aliphatic carbocycles. The predicted octanol–water partition coefficient (Wildman–Crippen LogP) is 7.48. The van der Waals surface area contributed by atoms with Gasteiger partial charge < -0.3 is 22.0 Å². The van der Waals surface area contributed by atoms with Crippen molar-refractivity contribution in [2.75, 3.05) is 18.3 Å². The largest absolute Gasteiger partial charge is 0.673 e. The molecule has 0 saturated heterocycles. The summed E-state index contributed by atoms with van der Waals surface area (Å²) < 4.78 is 50.9. The monoisotopic (exact) mass is 677 g/mol. The molecule has 0 amide bonds. The van der Waals surface area contributed by atoms with Crippen molar-refractivity contribution in [1.82, 2.24) is 5.43 Å². The number of amidine groups is 1. The van der Waals surface area contributed by atoms with E-state index in [0.717, 1.165) is 24.9 Å². The number of nitrogens with one attached hydrogen (secondary N) is 1. The maximum Gasteiger partial charge on any atom is 0.673 e. The molecule has 3 aromatic rings. The summed E-state index contributed by atoms with van der Waals surface area (Å²) in [5, 5.41) is 2.16. The van der Waals surface area contributed by atoms with Crippen LogP contribution in [0.5, 0.6) is 0 Å². The van der Waals surface area contributed by atoms with E-state index >= 15 is 0 Å². The SMILES string of the molecule is Brc1cc(Br)c(N2C[N+]3=C(COC(c4ccccc4)C3c3ccccc3)N2)c(Br)c1.F[B-](F)(F)F. The first kappa shape index (κ1) is 26.2. The van der Waals surface area contributed by atoms with Gasteiger partial charge in [-0.05, 0) is 55.1 Å². The number of hydrogen-bond acceptors (Lipinski definition) is 3. The van der Waals surface area contributed by atoms with Crippen molar-refractivity contribution in [1.29, 1.82) is 0 Å². The van der Waals surface area contributed by atoms with Crippen molar-refractivity contribution in [2.24, 2.45) is 0 Å². The molecular weight excluding hydrogens is 661 g/mol. The fourth-order valence-electron chi connectivity index (χ4n) is 4.13. The van der Waals surface area contributed by atoms with Crippen LogP contribution in [-0.4, -0.2) is 30.9 Å². The third-order valence-corrected chi connectivity index (χ3v) is 7.11. The van der Waals surface area contributed by atoms with Crippen LogP contribution in [-0.2, 0) is 4.74 Å². The zero-order valence-corrected chi connectivity index (χ0v) is 22.8. The Kier molecular flexibility index (Phi) is 8.25. The molecule has 2 heterocycles. The highest BCUT2D eigenvalue weighted by Gasteiger charge is 2.44. The van der Waals surface area contributed by atoms with E-state index in [1.807, 2.05) is 6.07 Å². The normalized spacial score (nSPS) is 19.6. The minimum atomic E-state index is -6.00. The van der Waals surface area contributed by atoms with Crippen molar-refractivity contribution < 1.29 is 26.6 Å². The van der Waals surface area contributed by atoms with Crippen molar-refractivity contribution in [3.8, 4) is 0 Å². The minimum absolute atomic E-state index is 0.0455. The van der Waals surface area contributed by atoms with Crippen molar-refractivity contribution in [2.45, 2.75) is 12.1 Å². The van der Waals surface area contributed by atoms with Crippen LogP contribution in [0.4, 0.5) is 23.0 Å². The molecule has 2 aliphatic heterocycles. The number of nitrogens with zero attached hydrogens (tertiary/aromatic N) is 2. The van der Waals surface area contributed by atoms with Gasteiger partial charge in [0.2, 0.25) is 0 Å². The van der Waals surface area contributed by atoms with Crippen LogP contribution >= 0.6 is 47.8 Å². The number of hydrogen-bond donors (Lipinski definition) is 1. The molecular formula is C23H19BBr3F4N3O. The van der Waals surface area contributed by atoms with Crippen LogP contribution in [0, 0.1) is 0 Å². The smallest absolute Gasteiger partial charge is 0.418 e. The maximum atomic E-state index is 9.75. The van der Waals surface area contributed by atoms with E-state index in [1.165, 1.54) is 11.1 Å². The molecule has 1 N–H and O–H groups in total. The maximum absolute atomic E-state index is 9.75. The summed E-state index contributed by atoms with van der Waals surface area (Å²) in [6.07, 6.45) is -0.0455. The zero-order chi connectivity index (χ0) is 25.2. The van der Waals surface area contributed by atoms with E-state index in [9.17, 15) is 17.3 Å². The lowest BCUT2D eigenvalue weighted by Crippen LogP contribution is -2.40. The molecule has 12 heteroatoms. The summed E-state index contributed by atoms with van der Waals surface area (Å²) >= 11 is 11.0. The first-order valence-electron chi connectivity index (χ1n) is 10.5. The van der Waals surface area contributed by atoms with E-state index in [1.54, 1.807) is 0 Å². The molecule has 2 atom stereocenters. The fourth-order valence-corrected chi connectivity index (χ4v) is 6.82. The predicted molar refractivity (Wildman–Crippen MR) is 140 cm³/mol. The Morgan fingerprint density at radius 3 is 1.91 bits per heavy atom. The second-order valence-corrected chi connectivity index (χ2v) is 10.4. The summed E-state index contributed by atoms with van der Waals surface area (Å²) in [5.41, 5.74) is 7.04. The average molecular weight is 680 g/mol. The first-order chi connectivity index (χ1) is 16.6. The fraction of sp³-hybridized carbons (Fsp3) is 0.174. The first-order valence-corrected chi connectivity index (χ1v) is 12.9. The third-order valence-electron chi connectivity index (χ3n) is 5.45. The van der Waals surface area contributed by atoms with Gasteiger partial charge in [-0.15, -0.1) is 0 Å². The molecule has 0 radical (unpaired) electrons. The molecule has 0 spiro atoms. The molecule has 0 aromatic heterocycles. The molecule has 5 rings (SSSR count). The summed E-state index contributed by atoms with van der Waals surface area (Å²) in [6, 6.07) is 25.3. The summed E-state index contributed by atoms with van der Waals surface area (Å²) in [7, 11) is -6.00.